The fourth-order valence-corrected chi connectivity index (χ4v) is 2.44. The molecule has 18 heavy (non-hydrogen) atoms. The van der Waals surface area contributed by atoms with Crippen LogP contribution in [0.3, 0.4) is 0 Å². The first kappa shape index (κ1) is 11.2. The molecule has 5 heteroatoms. The van der Waals surface area contributed by atoms with Gasteiger partial charge in [-0.1, -0.05) is 36.5 Å². The number of furan rings is 1. The molecule has 0 unspecified atom stereocenters. The fraction of sp³-hybridized carbons (Fsp3) is 0.231. The molecule has 1 N–H and O–H groups in total. The summed E-state index contributed by atoms with van der Waals surface area (Å²) in [6, 6.07) is 9.94. The van der Waals surface area contributed by atoms with E-state index in [2.05, 4.69) is 22.4 Å². The first-order valence-corrected chi connectivity index (χ1v) is 6.75. The highest BCUT2D eigenvalue weighted by molar-refractivity contribution is 7.18. The first-order valence-electron chi connectivity index (χ1n) is 5.93. The Morgan fingerprint density at radius 3 is 3.00 bits per heavy atom. The summed E-state index contributed by atoms with van der Waals surface area (Å²) in [5.41, 5.74) is 0.880. The van der Waals surface area contributed by atoms with Crippen molar-refractivity contribution in [2.24, 2.45) is 0 Å². The van der Waals surface area contributed by atoms with Gasteiger partial charge >= 0.3 is 0 Å². The van der Waals surface area contributed by atoms with Gasteiger partial charge in [0.15, 0.2) is 10.8 Å². The molecule has 0 spiro atoms. The third-order valence-electron chi connectivity index (χ3n) is 2.59. The zero-order valence-corrected chi connectivity index (χ0v) is 10.8. The van der Waals surface area contributed by atoms with Crippen molar-refractivity contribution >= 4 is 27.4 Å². The Morgan fingerprint density at radius 2 is 2.17 bits per heavy atom. The molecule has 0 amide bonds. The monoisotopic (exact) mass is 259 g/mol. The second-order valence-corrected chi connectivity index (χ2v) is 4.97. The summed E-state index contributed by atoms with van der Waals surface area (Å²) in [5.74, 6) is 0.776. The maximum absolute atomic E-state index is 5.75. The summed E-state index contributed by atoms with van der Waals surface area (Å²) < 4.78 is 5.75. The van der Waals surface area contributed by atoms with Crippen molar-refractivity contribution in [2.75, 3.05) is 11.9 Å². The molecular weight excluding hydrogens is 246 g/mol. The molecule has 0 radical (unpaired) electrons. The Bertz CT molecular complexity index is 626. The highest BCUT2D eigenvalue weighted by Crippen LogP contribution is 2.31. The highest BCUT2D eigenvalue weighted by Gasteiger charge is 2.11. The van der Waals surface area contributed by atoms with Crippen LogP contribution in [0.15, 0.2) is 34.7 Å². The summed E-state index contributed by atoms with van der Waals surface area (Å²) in [5, 5.41) is 14.2. The van der Waals surface area contributed by atoms with Gasteiger partial charge in [-0.05, 0) is 18.6 Å². The van der Waals surface area contributed by atoms with E-state index in [0.29, 0.717) is 0 Å². The van der Waals surface area contributed by atoms with Crippen LogP contribution in [-0.2, 0) is 0 Å². The molecule has 0 atom stereocenters. The van der Waals surface area contributed by atoms with Crippen molar-refractivity contribution in [1.82, 2.24) is 10.2 Å². The van der Waals surface area contributed by atoms with E-state index in [4.69, 9.17) is 4.42 Å². The number of hydrogen-bond acceptors (Lipinski definition) is 5. The molecule has 3 aromatic rings. The second-order valence-electron chi connectivity index (χ2n) is 3.99. The standard InChI is InChI=1S/C13H13N3OS/c1-2-7-14-13-16-15-12(18-13)11-8-9-5-3-4-6-10(9)17-11/h3-6,8H,2,7H2,1H3,(H,14,16). The molecule has 0 aliphatic heterocycles. The van der Waals surface area contributed by atoms with Crippen LogP contribution in [0, 0.1) is 0 Å². The predicted octanol–water partition coefficient (Wildman–Crippen LogP) is 3.77. The number of hydrogen-bond donors (Lipinski definition) is 1. The number of nitrogens with one attached hydrogen (secondary N) is 1. The minimum Gasteiger partial charge on any atom is -0.453 e. The number of nitrogens with zero attached hydrogens (tertiary/aromatic N) is 2. The summed E-state index contributed by atoms with van der Waals surface area (Å²) in [4.78, 5) is 0. The van der Waals surface area contributed by atoms with Crippen molar-refractivity contribution in [3.63, 3.8) is 0 Å². The molecule has 2 heterocycles. The lowest BCUT2D eigenvalue weighted by atomic mass is 10.2. The largest absolute Gasteiger partial charge is 0.453 e. The van der Waals surface area contributed by atoms with E-state index >= 15 is 0 Å². The summed E-state index contributed by atoms with van der Waals surface area (Å²) in [6.07, 6.45) is 1.07. The van der Waals surface area contributed by atoms with Crippen molar-refractivity contribution in [3.8, 4) is 10.8 Å². The number of fused-ring (bicyclic) bond motifs is 1. The molecule has 0 saturated carbocycles. The third-order valence-corrected chi connectivity index (χ3v) is 3.48. The van der Waals surface area contributed by atoms with Crippen LogP contribution in [0.25, 0.3) is 21.7 Å². The average Bonchev–Trinajstić information content (AvgIpc) is 3.02. The molecule has 92 valence electrons. The Kier molecular flexibility index (Phi) is 2.98. The van der Waals surface area contributed by atoms with Crippen molar-refractivity contribution in [3.05, 3.63) is 30.3 Å². The molecule has 0 bridgehead atoms. The predicted molar refractivity (Wildman–Crippen MR) is 73.9 cm³/mol. The van der Waals surface area contributed by atoms with Gasteiger partial charge in [-0.25, -0.2) is 0 Å². The quantitative estimate of drug-likeness (QED) is 0.774. The number of anilines is 1. The molecule has 4 nitrogen and oxygen atoms in total. The topological polar surface area (TPSA) is 51.0 Å². The van der Waals surface area contributed by atoms with E-state index in [1.165, 1.54) is 11.3 Å². The average molecular weight is 259 g/mol. The van der Waals surface area contributed by atoms with E-state index in [9.17, 15) is 0 Å². The smallest absolute Gasteiger partial charge is 0.206 e. The minimum atomic E-state index is 0.776. The molecule has 0 aliphatic rings. The molecule has 0 saturated heterocycles. The number of para-hydroxylation sites is 1. The number of rotatable bonds is 4. The lowest BCUT2D eigenvalue weighted by molar-refractivity contribution is 0.630. The minimum absolute atomic E-state index is 0.776. The maximum atomic E-state index is 5.75. The molecular formula is C13H13N3OS. The Hall–Kier alpha value is -1.88. The Morgan fingerprint density at radius 1 is 1.28 bits per heavy atom. The van der Waals surface area contributed by atoms with Crippen LogP contribution in [0.5, 0.6) is 0 Å². The Balaban J connectivity index is 1.91. The van der Waals surface area contributed by atoms with Crippen molar-refractivity contribution in [1.29, 1.82) is 0 Å². The first-order chi connectivity index (χ1) is 8.86. The van der Waals surface area contributed by atoms with Crippen LogP contribution >= 0.6 is 11.3 Å². The summed E-state index contributed by atoms with van der Waals surface area (Å²) in [7, 11) is 0. The van der Waals surface area contributed by atoms with E-state index in [1.54, 1.807) is 0 Å². The third kappa shape index (κ3) is 2.09. The molecule has 3 rings (SSSR count). The van der Waals surface area contributed by atoms with Gasteiger partial charge in [-0.3, -0.25) is 0 Å². The van der Waals surface area contributed by atoms with Gasteiger partial charge in [0.1, 0.15) is 5.58 Å². The molecule has 0 fully saturated rings. The van der Waals surface area contributed by atoms with Crippen molar-refractivity contribution < 1.29 is 4.42 Å². The van der Waals surface area contributed by atoms with Crippen LogP contribution in [0.2, 0.25) is 0 Å². The van der Waals surface area contributed by atoms with Gasteiger partial charge in [0.05, 0.1) is 0 Å². The van der Waals surface area contributed by atoms with Gasteiger partial charge in [0.2, 0.25) is 5.13 Å². The normalized spacial score (nSPS) is 10.9. The lowest BCUT2D eigenvalue weighted by Gasteiger charge is -1.94. The lowest BCUT2D eigenvalue weighted by Crippen LogP contribution is -1.98. The van der Waals surface area contributed by atoms with Gasteiger partial charge in [-0.2, -0.15) is 0 Å². The SMILES string of the molecule is CCCNc1nnc(-c2cc3ccccc3o2)s1. The molecule has 2 aromatic heterocycles. The van der Waals surface area contributed by atoms with Gasteiger partial charge in [0, 0.05) is 11.9 Å². The van der Waals surface area contributed by atoms with Crippen LogP contribution in [0.1, 0.15) is 13.3 Å². The molecule has 1 aromatic carbocycles. The second kappa shape index (κ2) is 4.78. The van der Waals surface area contributed by atoms with E-state index in [-0.39, 0.29) is 0 Å². The van der Waals surface area contributed by atoms with Gasteiger partial charge in [0.25, 0.3) is 0 Å². The zero-order valence-electron chi connectivity index (χ0n) is 10.0. The fourth-order valence-electron chi connectivity index (χ4n) is 1.71. The van der Waals surface area contributed by atoms with E-state index in [0.717, 1.165) is 39.8 Å². The summed E-state index contributed by atoms with van der Waals surface area (Å²) >= 11 is 1.51. The van der Waals surface area contributed by atoms with E-state index < -0.39 is 0 Å². The number of aromatic nitrogens is 2. The summed E-state index contributed by atoms with van der Waals surface area (Å²) in [6.45, 7) is 3.03. The zero-order chi connectivity index (χ0) is 12.4. The van der Waals surface area contributed by atoms with Crippen LogP contribution < -0.4 is 5.32 Å². The van der Waals surface area contributed by atoms with Crippen LogP contribution in [-0.4, -0.2) is 16.7 Å². The van der Waals surface area contributed by atoms with Crippen molar-refractivity contribution in [2.45, 2.75) is 13.3 Å². The van der Waals surface area contributed by atoms with Crippen LogP contribution in [0.4, 0.5) is 5.13 Å². The maximum Gasteiger partial charge on any atom is 0.206 e. The number of benzene rings is 1. The Labute approximate surface area is 109 Å². The molecule has 0 aliphatic carbocycles. The highest BCUT2D eigenvalue weighted by atomic mass is 32.1. The van der Waals surface area contributed by atoms with E-state index in [1.807, 2.05) is 30.3 Å². The van der Waals surface area contributed by atoms with Gasteiger partial charge in [-0.15, -0.1) is 10.2 Å². The van der Waals surface area contributed by atoms with Gasteiger partial charge < -0.3 is 9.73 Å².